The molecule has 0 saturated heterocycles. The van der Waals surface area contributed by atoms with Crippen molar-refractivity contribution in [3.05, 3.63) is 47.5 Å². The molecule has 6 nitrogen and oxygen atoms in total. The van der Waals surface area contributed by atoms with Gasteiger partial charge in [0, 0.05) is 11.6 Å². The lowest BCUT2D eigenvalue weighted by atomic mass is 10.2. The van der Waals surface area contributed by atoms with Crippen LogP contribution in [0.25, 0.3) is 0 Å². The monoisotopic (exact) mass is 285 g/mol. The van der Waals surface area contributed by atoms with Crippen molar-refractivity contribution in [2.45, 2.75) is 26.7 Å². The van der Waals surface area contributed by atoms with Crippen LogP contribution >= 0.6 is 0 Å². The summed E-state index contributed by atoms with van der Waals surface area (Å²) in [7, 11) is 0. The number of hydrazine groups is 1. The number of nitrogens with one attached hydrogen (secondary N) is 2. The Balaban J connectivity index is 2.31. The van der Waals surface area contributed by atoms with Crippen molar-refractivity contribution in [3.8, 4) is 0 Å². The fourth-order valence-electron chi connectivity index (χ4n) is 1.87. The molecule has 0 unspecified atom stereocenters. The third-order valence-electron chi connectivity index (χ3n) is 2.97. The number of nitrogens with two attached hydrogens (primary N) is 1. The molecule has 1 heterocycles. The minimum absolute atomic E-state index is 0.127. The van der Waals surface area contributed by atoms with Crippen LogP contribution in [0.15, 0.2) is 30.5 Å². The van der Waals surface area contributed by atoms with Gasteiger partial charge in [0.2, 0.25) is 0 Å². The average Bonchev–Trinajstić information content (AvgIpc) is 2.46. The molecule has 0 fully saturated rings. The number of benzene rings is 1. The number of nitrogens with zero attached hydrogens (tertiary/aromatic N) is 2. The number of rotatable bonds is 4. The number of carbonyl (C=O) groups is 1. The van der Waals surface area contributed by atoms with Gasteiger partial charge in [0.25, 0.3) is 5.91 Å². The van der Waals surface area contributed by atoms with Crippen molar-refractivity contribution in [1.29, 1.82) is 0 Å². The summed E-state index contributed by atoms with van der Waals surface area (Å²) in [5.74, 6) is 5.83. The first-order valence-corrected chi connectivity index (χ1v) is 6.73. The van der Waals surface area contributed by atoms with Crippen molar-refractivity contribution in [2.75, 3.05) is 10.7 Å². The number of anilines is 2. The zero-order valence-corrected chi connectivity index (χ0v) is 12.3. The standard InChI is InChI=1S/C15H19N5O/c1-9(2)14-17-8-12(20-16)13(19-14)15(21)18-11-6-4-5-10(3)7-11/h4-9,20H,16H2,1-3H3,(H,18,21). The predicted octanol–water partition coefficient (Wildman–Crippen LogP) is 2.45. The first-order chi connectivity index (χ1) is 10.0. The Morgan fingerprint density at radius 3 is 2.71 bits per heavy atom. The van der Waals surface area contributed by atoms with E-state index in [1.54, 1.807) is 0 Å². The van der Waals surface area contributed by atoms with Gasteiger partial charge in [-0.15, -0.1) is 0 Å². The van der Waals surface area contributed by atoms with E-state index in [1.165, 1.54) is 6.20 Å². The summed E-state index contributed by atoms with van der Waals surface area (Å²) < 4.78 is 0. The van der Waals surface area contributed by atoms with Crippen molar-refractivity contribution in [1.82, 2.24) is 9.97 Å². The smallest absolute Gasteiger partial charge is 0.276 e. The summed E-state index contributed by atoms with van der Waals surface area (Å²) in [4.78, 5) is 20.9. The average molecular weight is 285 g/mol. The molecule has 6 heteroatoms. The Kier molecular flexibility index (Phi) is 4.49. The SMILES string of the molecule is Cc1cccc(NC(=O)c2nc(C(C)C)ncc2NN)c1. The van der Waals surface area contributed by atoms with Crippen LogP contribution in [0.5, 0.6) is 0 Å². The van der Waals surface area contributed by atoms with Crippen molar-refractivity contribution < 1.29 is 4.79 Å². The highest BCUT2D eigenvalue weighted by Crippen LogP contribution is 2.17. The predicted molar refractivity (Wildman–Crippen MR) is 83.1 cm³/mol. The fraction of sp³-hybridized carbons (Fsp3) is 0.267. The van der Waals surface area contributed by atoms with Gasteiger partial charge in [-0.05, 0) is 24.6 Å². The minimum atomic E-state index is -0.321. The Morgan fingerprint density at radius 2 is 2.10 bits per heavy atom. The molecular weight excluding hydrogens is 266 g/mol. The van der Waals surface area contributed by atoms with E-state index in [4.69, 9.17) is 5.84 Å². The van der Waals surface area contributed by atoms with Gasteiger partial charge in [-0.25, -0.2) is 9.97 Å². The number of hydrogen-bond donors (Lipinski definition) is 3. The largest absolute Gasteiger partial charge is 0.321 e. The van der Waals surface area contributed by atoms with Gasteiger partial charge in [-0.2, -0.15) is 0 Å². The second-order valence-electron chi connectivity index (χ2n) is 5.11. The van der Waals surface area contributed by atoms with Crippen LogP contribution < -0.4 is 16.6 Å². The van der Waals surface area contributed by atoms with Crippen molar-refractivity contribution in [2.24, 2.45) is 5.84 Å². The Bertz CT molecular complexity index is 654. The Hall–Kier alpha value is -2.47. The van der Waals surface area contributed by atoms with Gasteiger partial charge in [0.15, 0.2) is 5.69 Å². The van der Waals surface area contributed by atoms with Crippen molar-refractivity contribution >= 4 is 17.3 Å². The quantitative estimate of drug-likeness (QED) is 0.592. The number of amides is 1. The van der Waals surface area contributed by atoms with E-state index in [0.717, 1.165) is 5.56 Å². The second-order valence-corrected chi connectivity index (χ2v) is 5.11. The summed E-state index contributed by atoms with van der Waals surface area (Å²) in [6.45, 7) is 5.89. The summed E-state index contributed by atoms with van der Waals surface area (Å²) in [6, 6.07) is 7.56. The number of aryl methyl sites for hydroxylation is 1. The maximum atomic E-state index is 12.4. The van der Waals surface area contributed by atoms with E-state index in [-0.39, 0.29) is 17.5 Å². The van der Waals surface area contributed by atoms with Crippen LogP contribution in [0.2, 0.25) is 0 Å². The van der Waals surface area contributed by atoms with E-state index < -0.39 is 0 Å². The molecule has 1 amide bonds. The lowest BCUT2D eigenvalue weighted by Gasteiger charge is -2.11. The van der Waals surface area contributed by atoms with E-state index in [0.29, 0.717) is 17.2 Å². The number of nitrogen functional groups attached to an aromatic ring is 1. The van der Waals surface area contributed by atoms with E-state index in [1.807, 2.05) is 45.0 Å². The second kappa shape index (κ2) is 6.32. The zero-order chi connectivity index (χ0) is 15.4. The maximum absolute atomic E-state index is 12.4. The van der Waals surface area contributed by atoms with E-state index >= 15 is 0 Å². The van der Waals surface area contributed by atoms with Gasteiger partial charge in [-0.1, -0.05) is 26.0 Å². The minimum Gasteiger partial charge on any atom is -0.321 e. The maximum Gasteiger partial charge on any atom is 0.276 e. The van der Waals surface area contributed by atoms with Gasteiger partial charge < -0.3 is 10.7 Å². The Labute approximate surface area is 123 Å². The van der Waals surface area contributed by atoms with Gasteiger partial charge >= 0.3 is 0 Å². The van der Waals surface area contributed by atoms with Gasteiger partial charge in [-0.3, -0.25) is 10.6 Å². The van der Waals surface area contributed by atoms with Gasteiger partial charge in [0.05, 0.1) is 11.9 Å². The number of aromatic nitrogens is 2. The molecule has 0 spiro atoms. The van der Waals surface area contributed by atoms with Crippen LogP contribution in [-0.2, 0) is 0 Å². The molecule has 1 aromatic carbocycles. The highest BCUT2D eigenvalue weighted by atomic mass is 16.1. The van der Waals surface area contributed by atoms with Crippen LogP contribution in [0.4, 0.5) is 11.4 Å². The molecule has 4 N–H and O–H groups in total. The molecule has 0 bridgehead atoms. The highest BCUT2D eigenvalue weighted by molar-refractivity contribution is 6.06. The van der Waals surface area contributed by atoms with Gasteiger partial charge in [0.1, 0.15) is 5.82 Å². The van der Waals surface area contributed by atoms with Crippen LogP contribution in [-0.4, -0.2) is 15.9 Å². The van der Waals surface area contributed by atoms with Crippen LogP contribution in [0, 0.1) is 6.92 Å². The van der Waals surface area contributed by atoms with Crippen LogP contribution in [0.3, 0.4) is 0 Å². The molecule has 2 aromatic rings. The molecule has 1 aromatic heterocycles. The van der Waals surface area contributed by atoms with E-state index in [2.05, 4.69) is 20.7 Å². The first kappa shape index (κ1) is 14.9. The molecule has 0 radical (unpaired) electrons. The molecule has 0 atom stereocenters. The van der Waals surface area contributed by atoms with Crippen LogP contribution in [0.1, 0.15) is 41.6 Å². The number of hydrogen-bond acceptors (Lipinski definition) is 5. The topological polar surface area (TPSA) is 92.9 Å². The highest BCUT2D eigenvalue weighted by Gasteiger charge is 2.16. The lowest BCUT2D eigenvalue weighted by molar-refractivity contribution is 0.102. The fourth-order valence-corrected chi connectivity index (χ4v) is 1.87. The Morgan fingerprint density at radius 1 is 1.33 bits per heavy atom. The molecule has 0 aliphatic carbocycles. The summed E-state index contributed by atoms with van der Waals surface area (Å²) >= 11 is 0. The third kappa shape index (κ3) is 3.55. The van der Waals surface area contributed by atoms with E-state index in [9.17, 15) is 4.79 Å². The molecular formula is C15H19N5O. The normalized spacial score (nSPS) is 10.5. The molecule has 0 aliphatic rings. The molecule has 2 rings (SSSR count). The summed E-state index contributed by atoms with van der Waals surface area (Å²) in [5, 5.41) is 2.82. The first-order valence-electron chi connectivity index (χ1n) is 6.73. The summed E-state index contributed by atoms with van der Waals surface area (Å²) in [6.07, 6.45) is 1.52. The number of carbonyl (C=O) groups excluding carboxylic acids is 1. The molecule has 0 saturated carbocycles. The zero-order valence-electron chi connectivity index (χ0n) is 12.3. The molecule has 110 valence electrons. The van der Waals surface area contributed by atoms with Crippen molar-refractivity contribution in [3.63, 3.8) is 0 Å². The summed E-state index contributed by atoms with van der Waals surface area (Å²) in [5.41, 5.74) is 4.86. The molecule has 21 heavy (non-hydrogen) atoms. The third-order valence-corrected chi connectivity index (χ3v) is 2.97. The lowest BCUT2D eigenvalue weighted by Crippen LogP contribution is -2.20. The molecule has 0 aliphatic heterocycles.